The van der Waals surface area contributed by atoms with Gasteiger partial charge in [-0.15, -0.1) is 0 Å². The van der Waals surface area contributed by atoms with Crippen LogP contribution in [-0.4, -0.2) is 75.6 Å². The predicted molar refractivity (Wildman–Crippen MR) is 72.6 cm³/mol. The molecule has 1 fully saturated rings. The van der Waals surface area contributed by atoms with E-state index in [9.17, 15) is 5.11 Å². The highest BCUT2D eigenvalue weighted by molar-refractivity contribution is 4.81. The lowest BCUT2D eigenvalue weighted by Crippen LogP contribution is -2.50. The van der Waals surface area contributed by atoms with E-state index in [2.05, 4.69) is 42.3 Å². The Morgan fingerprint density at radius 3 is 1.47 bits per heavy atom. The number of hydrogen-bond acceptors (Lipinski definition) is 1. The van der Waals surface area contributed by atoms with E-state index in [1.165, 1.54) is 19.3 Å². The van der Waals surface area contributed by atoms with E-state index in [0.717, 1.165) is 22.1 Å². The summed E-state index contributed by atoms with van der Waals surface area (Å²) in [5, 5.41) is 10.5. The molecule has 3 nitrogen and oxygen atoms in total. The van der Waals surface area contributed by atoms with Crippen LogP contribution in [0.2, 0.25) is 0 Å². The van der Waals surface area contributed by atoms with Crippen molar-refractivity contribution in [2.45, 2.75) is 25.4 Å². The zero-order valence-electron chi connectivity index (χ0n) is 12.6. The summed E-state index contributed by atoms with van der Waals surface area (Å²) in [7, 11) is 13.3. The van der Waals surface area contributed by atoms with Gasteiger partial charge in [0.25, 0.3) is 0 Å². The number of rotatable bonds is 4. The molecule has 0 bridgehead atoms. The van der Waals surface area contributed by atoms with Gasteiger partial charge in [-0.3, -0.25) is 0 Å². The van der Waals surface area contributed by atoms with E-state index in [4.69, 9.17) is 0 Å². The van der Waals surface area contributed by atoms with Gasteiger partial charge in [0, 0.05) is 11.8 Å². The first-order valence-electron chi connectivity index (χ1n) is 6.87. The van der Waals surface area contributed by atoms with Gasteiger partial charge in [-0.1, -0.05) is 6.42 Å². The van der Waals surface area contributed by atoms with Crippen molar-refractivity contribution in [2.24, 2.45) is 11.8 Å². The molecule has 0 aromatic carbocycles. The summed E-state index contributed by atoms with van der Waals surface area (Å²) in [5.41, 5.74) is 0. The van der Waals surface area contributed by atoms with Crippen LogP contribution in [0.4, 0.5) is 0 Å². The molecule has 0 aliphatic heterocycles. The third kappa shape index (κ3) is 5.36. The van der Waals surface area contributed by atoms with Gasteiger partial charge in [-0.05, 0) is 12.8 Å². The predicted octanol–water partition coefficient (Wildman–Crippen LogP) is 1.18. The van der Waals surface area contributed by atoms with Crippen LogP contribution in [0, 0.1) is 11.8 Å². The summed E-state index contributed by atoms with van der Waals surface area (Å²) in [5.74, 6) is 0.973. The first-order chi connectivity index (χ1) is 7.58. The SMILES string of the molecule is C[N+](C)(C)C[C@@H]1CCC[C@@H](C[N+](C)(C)C)C1O. The topological polar surface area (TPSA) is 20.2 Å². The summed E-state index contributed by atoms with van der Waals surface area (Å²) in [6.45, 7) is 2.18. The van der Waals surface area contributed by atoms with Crippen molar-refractivity contribution in [3.05, 3.63) is 0 Å². The Hall–Kier alpha value is -0.120. The number of aliphatic hydroxyl groups excluding tert-OH is 1. The third-order valence-corrected chi connectivity index (χ3v) is 3.68. The second-order valence-corrected chi connectivity index (χ2v) is 7.89. The van der Waals surface area contributed by atoms with E-state index < -0.39 is 0 Å². The fourth-order valence-corrected chi connectivity index (χ4v) is 3.17. The first-order valence-corrected chi connectivity index (χ1v) is 6.87. The van der Waals surface area contributed by atoms with Crippen LogP contribution in [0.15, 0.2) is 0 Å². The lowest BCUT2D eigenvalue weighted by atomic mass is 9.78. The molecule has 1 N–H and O–H groups in total. The van der Waals surface area contributed by atoms with E-state index in [0.29, 0.717) is 11.8 Å². The molecular formula is C14H32N2O+2. The summed E-state index contributed by atoms with van der Waals surface area (Å²) < 4.78 is 1.91. The zero-order valence-corrected chi connectivity index (χ0v) is 12.6. The van der Waals surface area contributed by atoms with Crippen LogP contribution in [-0.2, 0) is 0 Å². The summed E-state index contributed by atoms with van der Waals surface area (Å²) in [6, 6.07) is 0. The lowest BCUT2D eigenvalue weighted by Gasteiger charge is -2.40. The standard InChI is InChI=1S/C14H32N2O/c1-15(2,3)10-12-8-7-9-13(14(12)17)11-16(4,5)6/h12-14,17H,7-11H2,1-6H3/q+2/t12-,13-/m0/s1. The summed E-state index contributed by atoms with van der Waals surface area (Å²) >= 11 is 0. The Morgan fingerprint density at radius 1 is 0.824 bits per heavy atom. The molecule has 0 radical (unpaired) electrons. The fourth-order valence-electron chi connectivity index (χ4n) is 3.17. The van der Waals surface area contributed by atoms with E-state index >= 15 is 0 Å². The Balaban J connectivity index is 2.59. The lowest BCUT2D eigenvalue weighted by molar-refractivity contribution is -0.878. The molecule has 3 heteroatoms. The zero-order chi connectivity index (χ0) is 13.3. The van der Waals surface area contributed by atoms with Gasteiger partial charge in [0.05, 0.1) is 61.5 Å². The van der Waals surface area contributed by atoms with Crippen LogP contribution in [0.3, 0.4) is 0 Å². The second-order valence-electron chi connectivity index (χ2n) is 7.89. The number of aliphatic hydroxyl groups is 1. The van der Waals surface area contributed by atoms with Crippen molar-refractivity contribution in [3.8, 4) is 0 Å². The van der Waals surface area contributed by atoms with Crippen LogP contribution in [0.5, 0.6) is 0 Å². The van der Waals surface area contributed by atoms with Crippen molar-refractivity contribution >= 4 is 0 Å². The highest BCUT2D eigenvalue weighted by atomic mass is 16.3. The molecule has 1 rings (SSSR count). The molecule has 1 aliphatic carbocycles. The average molecular weight is 244 g/mol. The van der Waals surface area contributed by atoms with Gasteiger partial charge in [-0.2, -0.15) is 0 Å². The minimum absolute atomic E-state index is 0.0987. The van der Waals surface area contributed by atoms with Gasteiger partial charge < -0.3 is 14.1 Å². The highest BCUT2D eigenvalue weighted by Gasteiger charge is 2.37. The van der Waals surface area contributed by atoms with Gasteiger partial charge in [0.2, 0.25) is 0 Å². The molecular weight excluding hydrogens is 212 g/mol. The van der Waals surface area contributed by atoms with Crippen molar-refractivity contribution in [1.29, 1.82) is 0 Å². The van der Waals surface area contributed by atoms with Crippen LogP contribution >= 0.6 is 0 Å². The minimum atomic E-state index is -0.0987. The largest absolute Gasteiger partial charge is 0.392 e. The Morgan fingerprint density at radius 2 is 1.18 bits per heavy atom. The molecule has 17 heavy (non-hydrogen) atoms. The summed E-state index contributed by atoms with van der Waals surface area (Å²) in [6.07, 6.45) is 3.58. The van der Waals surface area contributed by atoms with Gasteiger partial charge in [0.15, 0.2) is 0 Å². The molecule has 1 saturated carbocycles. The van der Waals surface area contributed by atoms with Crippen LogP contribution < -0.4 is 0 Å². The second kappa shape index (κ2) is 5.25. The number of nitrogens with zero attached hydrogens (tertiary/aromatic N) is 2. The molecule has 1 aliphatic rings. The normalized spacial score (nSPS) is 28.4. The van der Waals surface area contributed by atoms with E-state index in [1.54, 1.807) is 0 Å². The van der Waals surface area contributed by atoms with Crippen molar-refractivity contribution < 1.29 is 14.1 Å². The number of hydrogen-bond donors (Lipinski definition) is 1. The van der Waals surface area contributed by atoms with Crippen molar-refractivity contribution in [2.75, 3.05) is 55.4 Å². The van der Waals surface area contributed by atoms with Crippen molar-refractivity contribution in [1.82, 2.24) is 0 Å². The van der Waals surface area contributed by atoms with Gasteiger partial charge in [0.1, 0.15) is 0 Å². The molecule has 0 aromatic heterocycles. The Kier molecular flexibility index (Phi) is 4.61. The van der Waals surface area contributed by atoms with E-state index in [1.807, 2.05) is 0 Å². The molecule has 0 spiro atoms. The minimum Gasteiger partial charge on any atom is -0.392 e. The van der Waals surface area contributed by atoms with Gasteiger partial charge in [-0.25, -0.2) is 0 Å². The highest BCUT2D eigenvalue weighted by Crippen LogP contribution is 2.31. The van der Waals surface area contributed by atoms with Crippen molar-refractivity contribution in [3.63, 3.8) is 0 Å². The molecule has 102 valence electrons. The molecule has 0 heterocycles. The molecule has 0 aromatic rings. The molecule has 2 atom stereocenters. The quantitative estimate of drug-likeness (QED) is 0.736. The molecule has 0 unspecified atom stereocenters. The molecule has 0 saturated heterocycles. The van der Waals surface area contributed by atoms with E-state index in [-0.39, 0.29) is 6.10 Å². The maximum absolute atomic E-state index is 10.5. The summed E-state index contributed by atoms with van der Waals surface area (Å²) in [4.78, 5) is 0. The fraction of sp³-hybridized carbons (Fsp3) is 1.00. The molecule has 0 amide bonds. The van der Waals surface area contributed by atoms with Gasteiger partial charge >= 0.3 is 0 Å². The smallest absolute Gasteiger partial charge is 0.0834 e. The Labute approximate surface area is 107 Å². The van der Waals surface area contributed by atoms with Crippen LogP contribution in [0.25, 0.3) is 0 Å². The maximum Gasteiger partial charge on any atom is 0.0834 e. The first kappa shape index (κ1) is 14.9. The third-order valence-electron chi connectivity index (χ3n) is 3.68. The monoisotopic (exact) mass is 244 g/mol. The number of quaternary nitrogens is 2. The van der Waals surface area contributed by atoms with Crippen LogP contribution in [0.1, 0.15) is 19.3 Å². The Bertz CT molecular complexity index is 216. The maximum atomic E-state index is 10.5. The average Bonchev–Trinajstić information content (AvgIpc) is 2.07.